The first-order chi connectivity index (χ1) is 7.27. The molecule has 0 amide bonds. The fourth-order valence-corrected chi connectivity index (χ4v) is 2.08. The van der Waals surface area contributed by atoms with Crippen LogP contribution in [0.25, 0.3) is 0 Å². The van der Waals surface area contributed by atoms with Crippen LogP contribution in [0.4, 0.5) is 0 Å². The molecule has 0 bridgehead atoms. The third kappa shape index (κ3) is 2.48. The van der Waals surface area contributed by atoms with Crippen LogP contribution in [0.5, 0.6) is 0 Å². The van der Waals surface area contributed by atoms with Gasteiger partial charge in [0.05, 0.1) is 0 Å². The molecule has 0 fully saturated rings. The highest BCUT2D eigenvalue weighted by atomic mass is 79.9. The highest BCUT2D eigenvalue weighted by Gasteiger charge is 2.01. The normalized spacial score (nSPS) is 10.3. The predicted octanol–water partition coefficient (Wildman–Crippen LogP) is 4.35. The number of rotatable bonds is 2. The molecule has 2 aromatic rings. The van der Waals surface area contributed by atoms with Crippen molar-refractivity contribution in [2.24, 2.45) is 0 Å². The zero-order valence-electron chi connectivity index (χ0n) is 8.70. The number of hydrogen-bond donors (Lipinski definition) is 0. The SMILES string of the molecule is Cc1ccccc1Cc1ccccc1Br. The summed E-state index contributed by atoms with van der Waals surface area (Å²) in [6, 6.07) is 16.9. The van der Waals surface area contributed by atoms with Crippen molar-refractivity contribution >= 4 is 15.9 Å². The second kappa shape index (κ2) is 4.63. The summed E-state index contributed by atoms with van der Waals surface area (Å²) in [6.07, 6.45) is 0.994. The topological polar surface area (TPSA) is 0 Å². The first-order valence-corrected chi connectivity index (χ1v) is 5.84. The van der Waals surface area contributed by atoms with E-state index in [-0.39, 0.29) is 0 Å². The molecule has 2 rings (SSSR count). The maximum Gasteiger partial charge on any atom is 0.0210 e. The maximum atomic E-state index is 3.58. The first-order valence-electron chi connectivity index (χ1n) is 5.05. The fourth-order valence-electron chi connectivity index (χ4n) is 1.66. The Labute approximate surface area is 99.1 Å². The Kier molecular flexibility index (Phi) is 3.22. The van der Waals surface area contributed by atoms with E-state index in [4.69, 9.17) is 0 Å². The number of aryl methyl sites for hydroxylation is 1. The minimum absolute atomic E-state index is 0.994. The summed E-state index contributed by atoms with van der Waals surface area (Å²) in [5.41, 5.74) is 4.09. The van der Waals surface area contributed by atoms with Gasteiger partial charge in [-0.25, -0.2) is 0 Å². The van der Waals surface area contributed by atoms with Crippen LogP contribution in [0.2, 0.25) is 0 Å². The Hall–Kier alpha value is -1.08. The van der Waals surface area contributed by atoms with Crippen LogP contribution in [-0.2, 0) is 6.42 Å². The molecule has 0 atom stereocenters. The maximum absolute atomic E-state index is 3.58. The van der Waals surface area contributed by atoms with E-state index in [2.05, 4.69) is 65.3 Å². The summed E-state index contributed by atoms with van der Waals surface area (Å²) in [6.45, 7) is 2.16. The zero-order chi connectivity index (χ0) is 10.7. The van der Waals surface area contributed by atoms with Gasteiger partial charge in [-0.1, -0.05) is 58.4 Å². The number of halogens is 1. The second-order valence-electron chi connectivity index (χ2n) is 3.69. The molecule has 0 spiro atoms. The zero-order valence-corrected chi connectivity index (χ0v) is 10.3. The lowest BCUT2D eigenvalue weighted by Gasteiger charge is -2.07. The first kappa shape index (κ1) is 10.4. The molecule has 0 N–H and O–H groups in total. The highest BCUT2D eigenvalue weighted by Crippen LogP contribution is 2.20. The molecule has 0 unspecified atom stereocenters. The van der Waals surface area contributed by atoms with Crippen molar-refractivity contribution < 1.29 is 0 Å². The minimum Gasteiger partial charge on any atom is -0.0620 e. The molecule has 0 radical (unpaired) electrons. The van der Waals surface area contributed by atoms with E-state index in [1.165, 1.54) is 21.2 Å². The van der Waals surface area contributed by atoms with Crippen molar-refractivity contribution in [2.75, 3.05) is 0 Å². The van der Waals surface area contributed by atoms with Gasteiger partial charge in [0.25, 0.3) is 0 Å². The van der Waals surface area contributed by atoms with Crippen LogP contribution >= 0.6 is 15.9 Å². The van der Waals surface area contributed by atoms with Gasteiger partial charge in [-0.2, -0.15) is 0 Å². The number of hydrogen-bond acceptors (Lipinski definition) is 0. The van der Waals surface area contributed by atoms with E-state index in [9.17, 15) is 0 Å². The fraction of sp³-hybridized carbons (Fsp3) is 0.143. The second-order valence-corrected chi connectivity index (χ2v) is 4.55. The molecule has 0 aromatic heterocycles. The molecular weight excluding hydrogens is 248 g/mol. The van der Waals surface area contributed by atoms with Gasteiger partial charge in [0.2, 0.25) is 0 Å². The van der Waals surface area contributed by atoms with Crippen LogP contribution in [-0.4, -0.2) is 0 Å². The molecule has 0 aliphatic heterocycles. The molecule has 0 aliphatic carbocycles. The van der Waals surface area contributed by atoms with Crippen molar-refractivity contribution in [3.8, 4) is 0 Å². The van der Waals surface area contributed by atoms with Gasteiger partial charge < -0.3 is 0 Å². The smallest absolute Gasteiger partial charge is 0.0210 e. The molecule has 76 valence electrons. The Balaban J connectivity index is 2.30. The molecule has 0 heterocycles. The van der Waals surface area contributed by atoms with Crippen molar-refractivity contribution in [1.29, 1.82) is 0 Å². The van der Waals surface area contributed by atoms with E-state index in [0.29, 0.717) is 0 Å². The van der Waals surface area contributed by atoms with Gasteiger partial charge in [-0.05, 0) is 36.1 Å². The Bertz CT molecular complexity index is 417. The molecule has 2 aromatic carbocycles. The monoisotopic (exact) mass is 260 g/mol. The third-order valence-corrected chi connectivity index (χ3v) is 3.37. The number of benzene rings is 2. The Morgan fingerprint density at radius 1 is 0.867 bits per heavy atom. The Morgan fingerprint density at radius 3 is 2.13 bits per heavy atom. The average molecular weight is 261 g/mol. The Morgan fingerprint density at radius 2 is 1.47 bits per heavy atom. The summed E-state index contributed by atoms with van der Waals surface area (Å²) < 4.78 is 1.19. The van der Waals surface area contributed by atoms with E-state index < -0.39 is 0 Å². The van der Waals surface area contributed by atoms with E-state index >= 15 is 0 Å². The molecule has 0 saturated carbocycles. The highest BCUT2D eigenvalue weighted by molar-refractivity contribution is 9.10. The van der Waals surface area contributed by atoms with E-state index in [1.807, 2.05) is 6.07 Å². The lowest BCUT2D eigenvalue weighted by molar-refractivity contribution is 1.15. The van der Waals surface area contributed by atoms with Crippen LogP contribution in [0.1, 0.15) is 16.7 Å². The quantitative estimate of drug-likeness (QED) is 0.754. The van der Waals surface area contributed by atoms with Crippen LogP contribution < -0.4 is 0 Å². The van der Waals surface area contributed by atoms with Gasteiger partial charge in [0.1, 0.15) is 0 Å². The van der Waals surface area contributed by atoms with Gasteiger partial charge in [-0.15, -0.1) is 0 Å². The molecule has 0 aliphatic rings. The summed E-state index contributed by atoms with van der Waals surface area (Å²) in [4.78, 5) is 0. The average Bonchev–Trinajstić information content (AvgIpc) is 2.24. The molecule has 15 heavy (non-hydrogen) atoms. The summed E-state index contributed by atoms with van der Waals surface area (Å²) in [5, 5.41) is 0. The molecular formula is C14H13Br. The predicted molar refractivity (Wildman–Crippen MR) is 68.1 cm³/mol. The summed E-state index contributed by atoms with van der Waals surface area (Å²) in [5.74, 6) is 0. The van der Waals surface area contributed by atoms with Crippen molar-refractivity contribution in [3.05, 3.63) is 69.7 Å². The van der Waals surface area contributed by atoms with Crippen molar-refractivity contribution in [3.63, 3.8) is 0 Å². The van der Waals surface area contributed by atoms with Gasteiger partial charge in [-0.3, -0.25) is 0 Å². The van der Waals surface area contributed by atoms with Crippen LogP contribution in [0, 0.1) is 6.92 Å². The van der Waals surface area contributed by atoms with Crippen molar-refractivity contribution in [1.82, 2.24) is 0 Å². The minimum atomic E-state index is 0.994. The van der Waals surface area contributed by atoms with Crippen molar-refractivity contribution in [2.45, 2.75) is 13.3 Å². The standard InChI is InChI=1S/C14H13Br/c1-11-6-2-3-7-12(11)10-13-8-4-5-9-14(13)15/h2-9H,10H2,1H3. The van der Waals surface area contributed by atoms with E-state index in [0.717, 1.165) is 6.42 Å². The van der Waals surface area contributed by atoms with Gasteiger partial charge in [0, 0.05) is 4.47 Å². The van der Waals surface area contributed by atoms with Crippen LogP contribution in [0.15, 0.2) is 53.0 Å². The van der Waals surface area contributed by atoms with Crippen LogP contribution in [0.3, 0.4) is 0 Å². The summed E-state index contributed by atoms with van der Waals surface area (Å²) >= 11 is 3.58. The van der Waals surface area contributed by atoms with Gasteiger partial charge >= 0.3 is 0 Å². The molecule has 0 nitrogen and oxygen atoms in total. The largest absolute Gasteiger partial charge is 0.0620 e. The summed E-state index contributed by atoms with van der Waals surface area (Å²) in [7, 11) is 0. The molecule has 1 heteroatoms. The molecule has 0 saturated heterocycles. The lowest BCUT2D eigenvalue weighted by atomic mass is 10.0. The van der Waals surface area contributed by atoms with E-state index in [1.54, 1.807) is 0 Å². The van der Waals surface area contributed by atoms with Gasteiger partial charge in [0.15, 0.2) is 0 Å². The lowest BCUT2D eigenvalue weighted by Crippen LogP contribution is -1.92. The third-order valence-electron chi connectivity index (χ3n) is 2.60.